The van der Waals surface area contributed by atoms with E-state index in [-0.39, 0.29) is 11.5 Å². The zero-order chi connectivity index (χ0) is 16.3. The summed E-state index contributed by atoms with van der Waals surface area (Å²) in [6.07, 6.45) is -0.857. The Bertz CT molecular complexity index is 716. The number of pyridine rings is 1. The van der Waals surface area contributed by atoms with Gasteiger partial charge in [-0.1, -0.05) is 28.1 Å². The number of nitro groups is 1. The van der Waals surface area contributed by atoms with E-state index in [0.29, 0.717) is 11.3 Å². The number of benzene rings is 1. The molecule has 0 amide bonds. The molecule has 1 atom stereocenters. The molecule has 1 aromatic heterocycles. The summed E-state index contributed by atoms with van der Waals surface area (Å²) in [4.78, 5) is 26.5. The number of halogens is 1. The number of carbonyl (C=O) groups is 1. The number of hydrogen-bond donors (Lipinski definition) is 0. The molecule has 1 unspecified atom stereocenters. The predicted molar refractivity (Wildman–Crippen MR) is 84.2 cm³/mol. The summed E-state index contributed by atoms with van der Waals surface area (Å²) in [6, 6.07) is 9.86. The van der Waals surface area contributed by atoms with Crippen molar-refractivity contribution in [2.24, 2.45) is 0 Å². The van der Waals surface area contributed by atoms with Gasteiger partial charge in [-0.2, -0.15) is 0 Å². The van der Waals surface area contributed by atoms with Crippen molar-refractivity contribution in [3.05, 3.63) is 62.2 Å². The van der Waals surface area contributed by atoms with Gasteiger partial charge in [0.05, 0.1) is 0 Å². The maximum atomic E-state index is 12.3. The molecule has 0 bridgehead atoms. The van der Waals surface area contributed by atoms with Crippen LogP contribution in [0.1, 0.15) is 23.0 Å². The molecule has 0 saturated carbocycles. The molecule has 0 radical (unpaired) electrons. The maximum Gasteiger partial charge on any atom is 0.406 e. The van der Waals surface area contributed by atoms with Crippen molar-refractivity contribution in [3.63, 3.8) is 0 Å². The Hall–Kier alpha value is -2.28. The predicted octanol–water partition coefficient (Wildman–Crippen LogP) is 3.71. The van der Waals surface area contributed by atoms with Crippen molar-refractivity contribution in [2.75, 3.05) is 0 Å². The van der Waals surface area contributed by atoms with Crippen LogP contribution >= 0.6 is 15.9 Å². The van der Waals surface area contributed by atoms with Gasteiger partial charge in [0.2, 0.25) is 11.5 Å². The first-order valence-corrected chi connectivity index (χ1v) is 7.26. The first-order chi connectivity index (χ1) is 10.4. The first kappa shape index (κ1) is 16.1. The van der Waals surface area contributed by atoms with Gasteiger partial charge in [0.15, 0.2) is 6.10 Å². The molecule has 0 N–H and O–H groups in total. The highest BCUT2D eigenvalue weighted by Gasteiger charge is 2.23. The van der Waals surface area contributed by atoms with Crippen LogP contribution in [0.3, 0.4) is 0 Å². The van der Waals surface area contributed by atoms with E-state index in [9.17, 15) is 14.9 Å². The minimum absolute atomic E-state index is 0.0199. The average molecular weight is 365 g/mol. The molecule has 0 saturated heterocycles. The smallest absolute Gasteiger partial charge is 0.406 e. The molecular formula is C15H13BrN2O4. The van der Waals surface area contributed by atoms with E-state index in [2.05, 4.69) is 20.9 Å². The molecule has 2 aromatic rings. The van der Waals surface area contributed by atoms with Gasteiger partial charge >= 0.3 is 5.82 Å². The number of nitrogens with zero attached hydrogens (tertiary/aromatic N) is 2. The molecule has 0 aliphatic rings. The van der Waals surface area contributed by atoms with E-state index >= 15 is 0 Å². The lowest BCUT2D eigenvalue weighted by molar-refractivity contribution is -0.390. The Morgan fingerprint density at radius 2 is 1.91 bits per heavy atom. The van der Waals surface area contributed by atoms with Crippen LogP contribution in [0.15, 0.2) is 40.9 Å². The van der Waals surface area contributed by atoms with Gasteiger partial charge in [0.25, 0.3) is 0 Å². The minimum Gasteiger partial charge on any atom is -0.474 e. The quantitative estimate of drug-likeness (QED) is 0.458. The number of ether oxygens (including phenoxy) is 1. The van der Waals surface area contributed by atoms with Crippen LogP contribution in [0.2, 0.25) is 0 Å². The summed E-state index contributed by atoms with van der Waals surface area (Å²) in [6.45, 7) is 3.20. The van der Waals surface area contributed by atoms with E-state index < -0.39 is 16.8 Å². The number of Topliss-reactive ketones (excluding diaryl/α,β-unsaturated/α-hetero) is 1. The SMILES string of the molecule is Cc1ccc(OC(C)C(=O)c2ccc(Br)cc2)c([N+](=O)[O-])n1. The second kappa shape index (κ2) is 6.65. The fourth-order valence-corrected chi connectivity index (χ4v) is 2.11. The second-order valence-electron chi connectivity index (χ2n) is 4.66. The second-order valence-corrected chi connectivity index (χ2v) is 5.58. The van der Waals surface area contributed by atoms with Crippen LogP contribution in [0.25, 0.3) is 0 Å². The Kier molecular flexibility index (Phi) is 4.87. The topological polar surface area (TPSA) is 82.3 Å². The molecule has 22 heavy (non-hydrogen) atoms. The number of aromatic nitrogens is 1. The highest BCUT2D eigenvalue weighted by molar-refractivity contribution is 9.10. The van der Waals surface area contributed by atoms with E-state index in [1.54, 1.807) is 44.2 Å². The first-order valence-electron chi connectivity index (χ1n) is 6.47. The van der Waals surface area contributed by atoms with E-state index in [1.165, 1.54) is 6.07 Å². The Balaban J connectivity index is 2.21. The molecule has 0 fully saturated rings. The van der Waals surface area contributed by atoms with Gasteiger partial charge < -0.3 is 14.9 Å². The summed E-state index contributed by atoms with van der Waals surface area (Å²) >= 11 is 3.29. The lowest BCUT2D eigenvalue weighted by Crippen LogP contribution is -2.24. The van der Waals surface area contributed by atoms with Crippen molar-refractivity contribution >= 4 is 27.5 Å². The number of carbonyl (C=O) groups excluding carboxylic acids is 1. The molecule has 0 spiro atoms. The number of hydrogen-bond acceptors (Lipinski definition) is 5. The van der Waals surface area contributed by atoms with Crippen LogP contribution < -0.4 is 4.74 Å². The Morgan fingerprint density at radius 1 is 1.27 bits per heavy atom. The molecule has 2 rings (SSSR count). The van der Waals surface area contributed by atoms with Crippen molar-refractivity contribution in [1.82, 2.24) is 4.98 Å². The summed E-state index contributed by atoms with van der Waals surface area (Å²) in [5, 5.41) is 11.0. The molecule has 114 valence electrons. The van der Waals surface area contributed by atoms with Gasteiger partial charge in [0, 0.05) is 17.0 Å². The fraction of sp³-hybridized carbons (Fsp3) is 0.200. The third-order valence-corrected chi connectivity index (χ3v) is 3.48. The van der Waals surface area contributed by atoms with Crippen LogP contribution in [0.4, 0.5) is 5.82 Å². The summed E-state index contributed by atoms with van der Waals surface area (Å²) < 4.78 is 6.30. The zero-order valence-corrected chi connectivity index (χ0v) is 13.5. The van der Waals surface area contributed by atoms with E-state index in [0.717, 1.165) is 4.47 Å². The average Bonchev–Trinajstić information content (AvgIpc) is 2.48. The number of ketones is 1. The number of aryl methyl sites for hydroxylation is 1. The standard InChI is InChI=1S/C15H13BrN2O4/c1-9-3-8-13(15(17-9)18(20)21)22-10(2)14(19)11-4-6-12(16)7-5-11/h3-8,10H,1-2H3. The normalized spacial score (nSPS) is 11.8. The van der Waals surface area contributed by atoms with Crippen molar-refractivity contribution in [3.8, 4) is 5.75 Å². The molecule has 0 aliphatic carbocycles. The van der Waals surface area contributed by atoms with Gasteiger partial charge in [-0.15, -0.1) is 0 Å². The molecule has 0 aliphatic heterocycles. The van der Waals surface area contributed by atoms with E-state index in [1.807, 2.05) is 0 Å². The summed E-state index contributed by atoms with van der Waals surface area (Å²) in [7, 11) is 0. The lowest BCUT2D eigenvalue weighted by Gasteiger charge is -2.13. The lowest BCUT2D eigenvalue weighted by atomic mass is 10.1. The Labute approximate surface area is 135 Å². The third-order valence-electron chi connectivity index (χ3n) is 2.95. The highest BCUT2D eigenvalue weighted by Crippen LogP contribution is 2.26. The molecule has 1 heterocycles. The monoisotopic (exact) mass is 364 g/mol. The van der Waals surface area contributed by atoms with Crippen molar-refractivity contribution < 1.29 is 14.5 Å². The highest BCUT2D eigenvalue weighted by atomic mass is 79.9. The molecular weight excluding hydrogens is 352 g/mol. The Morgan fingerprint density at radius 3 is 2.50 bits per heavy atom. The van der Waals surface area contributed by atoms with Crippen molar-refractivity contribution in [1.29, 1.82) is 0 Å². The van der Waals surface area contributed by atoms with Crippen LogP contribution in [-0.2, 0) is 0 Å². The van der Waals surface area contributed by atoms with Gasteiger partial charge in [-0.3, -0.25) is 4.79 Å². The van der Waals surface area contributed by atoms with E-state index in [4.69, 9.17) is 4.74 Å². The van der Waals surface area contributed by atoms with Crippen LogP contribution in [0.5, 0.6) is 5.75 Å². The van der Waals surface area contributed by atoms with Gasteiger partial charge in [-0.05, 0) is 41.1 Å². The van der Waals surface area contributed by atoms with Crippen molar-refractivity contribution in [2.45, 2.75) is 20.0 Å². The van der Waals surface area contributed by atoms with Gasteiger partial charge in [0.1, 0.15) is 5.69 Å². The van der Waals surface area contributed by atoms with Crippen LogP contribution in [0, 0.1) is 17.0 Å². The summed E-state index contributed by atoms with van der Waals surface area (Å²) in [5.74, 6) is -0.675. The minimum atomic E-state index is -0.857. The maximum absolute atomic E-state index is 12.3. The molecule has 6 nitrogen and oxygen atoms in total. The third kappa shape index (κ3) is 3.67. The zero-order valence-electron chi connectivity index (χ0n) is 11.9. The van der Waals surface area contributed by atoms with Gasteiger partial charge in [-0.25, -0.2) is 0 Å². The molecule has 1 aromatic carbocycles. The largest absolute Gasteiger partial charge is 0.474 e. The number of rotatable bonds is 5. The summed E-state index contributed by atoms with van der Waals surface area (Å²) in [5.41, 5.74) is 0.976. The fourth-order valence-electron chi connectivity index (χ4n) is 1.85. The molecule has 7 heteroatoms. The van der Waals surface area contributed by atoms with Crippen LogP contribution in [-0.4, -0.2) is 21.8 Å².